The van der Waals surface area contributed by atoms with Crippen LogP contribution in [0.5, 0.6) is 5.75 Å². The SMILES string of the molecule is CCOC(=O)c1ccc(OC[C@H](O)CN2CCCC[C@H]2C)cc1. The van der Waals surface area contributed by atoms with Crippen LogP contribution in [-0.4, -0.2) is 54.4 Å². The molecule has 0 spiro atoms. The van der Waals surface area contributed by atoms with Crippen LogP contribution in [0.15, 0.2) is 24.3 Å². The minimum atomic E-state index is -0.514. The van der Waals surface area contributed by atoms with E-state index in [4.69, 9.17) is 9.47 Å². The second-order valence-electron chi connectivity index (χ2n) is 6.05. The van der Waals surface area contributed by atoms with Crippen LogP contribution in [-0.2, 0) is 4.74 Å². The number of likely N-dealkylation sites (tertiary alicyclic amines) is 1. The number of hydrogen-bond donors (Lipinski definition) is 1. The number of aliphatic hydroxyl groups excluding tert-OH is 1. The highest BCUT2D eigenvalue weighted by Gasteiger charge is 2.21. The first-order chi connectivity index (χ1) is 11.1. The Kier molecular flexibility index (Phi) is 6.86. The van der Waals surface area contributed by atoms with Gasteiger partial charge >= 0.3 is 5.97 Å². The van der Waals surface area contributed by atoms with Crippen LogP contribution in [0, 0.1) is 0 Å². The zero-order valence-electron chi connectivity index (χ0n) is 14.0. The van der Waals surface area contributed by atoms with E-state index >= 15 is 0 Å². The molecule has 1 aliphatic rings. The molecule has 23 heavy (non-hydrogen) atoms. The van der Waals surface area contributed by atoms with Gasteiger partial charge in [0.1, 0.15) is 18.5 Å². The van der Waals surface area contributed by atoms with E-state index in [1.54, 1.807) is 31.2 Å². The van der Waals surface area contributed by atoms with Gasteiger partial charge in [-0.3, -0.25) is 4.90 Å². The number of β-amino-alcohol motifs (C(OH)–C–C–N with tert-alkyl or cyclic N) is 1. The second-order valence-corrected chi connectivity index (χ2v) is 6.05. The van der Waals surface area contributed by atoms with Crippen molar-refractivity contribution in [2.45, 2.75) is 45.3 Å². The number of hydrogen-bond acceptors (Lipinski definition) is 5. The Morgan fingerprint density at radius 3 is 2.74 bits per heavy atom. The van der Waals surface area contributed by atoms with Gasteiger partial charge in [-0.25, -0.2) is 4.79 Å². The van der Waals surface area contributed by atoms with E-state index in [2.05, 4.69) is 11.8 Å². The number of rotatable bonds is 7. The summed E-state index contributed by atoms with van der Waals surface area (Å²) in [6.07, 6.45) is 3.16. The van der Waals surface area contributed by atoms with E-state index in [1.807, 2.05) is 0 Å². The van der Waals surface area contributed by atoms with Gasteiger partial charge in [0.05, 0.1) is 12.2 Å². The molecule has 1 aliphatic heterocycles. The second kappa shape index (κ2) is 8.89. The Morgan fingerprint density at radius 1 is 1.35 bits per heavy atom. The summed E-state index contributed by atoms with van der Waals surface area (Å²) in [5.41, 5.74) is 0.502. The Morgan fingerprint density at radius 2 is 2.09 bits per heavy atom. The zero-order valence-corrected chi connectivity index (χ0v) is 14.0. The smallest absolute Gasteiger partial charge is 0.338 e. The topological polar surface area (TPSA) is 59.0 Å². The lowest BCUT2D eigenvalue weighted by Crippen LogP contribution is -2.43. The molecule has 2 rings (SSSR count). The monoisotopic (exact) mass is 321 g/mol. The maximum atomic E-state index is 11.6. The third kappa shape index (κ3) is 5.52. The van der Waals surface area contributed by atoms with Crippen molar-refractivity contribution in [3.63, 3.8) is 0 Å². The summed E-state index contributed by atoms with van der Waals surface area (Å²) < 4.78 is 10.5. The molecule has 1 fully saturated rings. The van der Waals surface area contributed by atoms with E-state index < -0.39 is 6.10 Å². The van der Waals surface area contributed by atoms with E-state index in [0.717, 1.165) is 6.54 Å². The number of ether oxygens (including phenoxy) is 2. The molecule has 128 valence electrons. The van der Waals surface area contributed by atoms with Crippen molar-refractivity contribution in [1.82, 2.24) is 4.90 Å². The summed E-state index contributed by atoms with van der Waals surface area (Å²) >= 11 is 0. The molecule has 1 aromatic carbocycles. The van der Waals surface area contributed by atoms with E-state index in [-0.39, 0.29) is 12.6 Å². The van der Waals surface area contributed by atoms with Gasteiger partial charge in [0.15, 0.2) is 0 Å². The molecular formula is C18H27NO4. The summed E-state index contributed by atoms with van der Waals surface area (Å²) in [4.78, 5) is 13.9. The summed E-state index contributed by atoms with van der Waals surface area (Å²) in [6.45, 7) is 6.29. The standard InChI is InChI=1S/C18H27NO4/c1-3-22-18(21)15-7-9-17(10-8-15)23-13-16(20)12-19-11-5-4-6-14(19)2/h7-10,14,16,20H,3-6,11-13H2,1-2H3/t14-,16-/m1/s1. The number of carbonyl (C=O) groups is 1. The molecule has 1 N–H and O–H groups in total. The molecule has 1 saturated heterocycles. The Hall–Kier alpha value is -1.59. The number of esters is 1. The Balaban J connectivity index is 1.77. The molecule has 0 amide bonds. The molecule has 0 aliphatic carbocycles. The third-order valence-corrected chi connectivity index (χ3v) is 4.19. The van der Waals surface area contributed by atoms with Crippen LogP contribution >= 0.6 is 0 Å². The van der Waals surface area contributed by atoms with Gasteiger partial charge in [-0.2, -0.15) is 0 Å². The Labute approximate surface area is 138 Å². The molecule has 0 radical (unpaired) electrons. The highest BCUT2D eigenvalue weighted by Crippen LogP contribution is 2.17. The number of carbonyl (C=O) groups excluding carboxylic acids is 1. The molecule has 0 unspecified atom stereocenters. The van der Waals surface area contributed by atoms with Gasteiger partial charge in [-0.05, 0) is 57.5 Å². The van der Waals surface area contributed by atoms with E-state index in [9.17, 15) is 9.90 Å². The fourth-order valence-electron chi connectivity index (χ4n) is 2.85. The quantitative estimate of drug-likeness (QED) is 0.782. The van der Waals surface area contributed by atoms with Gasteiger partial charge in [0.2, 0.25) is 0 Å². The predicted molar refractivity (Wildman–Crippen MR) is 88.8 cm³/mol. The fourth-order valence-corrected chi connectivity index (χ4v) is 2.85. The maximum Gasteiger partial charge on any atom is 0.338 e. The highest BCUT2D eigenvalue weighted by molar-refractivity contribution is 5.89. The van der Waals surface area contributed by atoms with Crippen molar-refractivity contribution in [2.75, 3.05) is 26.3 Å². The van der Waals surface area contributed by atoms with Crippen LogP contribution in [0.4, 0.5) is 0 Å². The van der Waals surface area contributed by atoms with Crippen molar-refractivity contribution in [3.05, 3.63) is 29.8 Å². The van der Waals surface area contributed by atoms with Crippen molar-refractivity contribution in [3.8, 4) is 5.75 Å². The first kappa shape index (κ1) is 17.8. The maximum absolute atomic E-state index is 11.6. The van der Waals surface area contributed by atoms with Crippen LogP contribution < -0.4 is 4.74 Å². The van der Waals surface area contributed by atoms with Gasteiger partial charge in [-0.15, -0.1) is 0 Å². The normalized spacial score (nSPS) is 20.0. The Bertz CT molecular complexity index is 488. The average Bonchev–Trinajstić information content (AvgIpc) is 2.56. The number of nitrogens with zero attached hydrogens (tertiary/aromatic N) is 1. The molecule has 0 saturated carbocycles. The van der Waals surface area contributed by atoms with Gasteiger partial charge in [0.25, 0.3) is 0 Å². The van der Waals surface area contributed by atoms with E-state index in [1.165, 1.54) is 19.3 Å². The van der Waals surface area contributed by atoms with Crippen molar-refractivity contribution in [1.29, 1.82) is 0 Å². The molecular weight excluding hydrogens is 294 g/mol. The van der Waals surface area contributed by atoms with Gasteiger partial charge in [-0.1, -0.05) is 6.42 Å². The first-order valence-electron chi connectivity index (χ1n) is 8.42. The fraction of sp³-hybridized carbons (Fsp3) is 0.611. The van der Waals surface area contributed by atoms with Crippen LogP contribution in [0.25, 0.3) is 0 Å². The molecule has 5 heteroatoms. The van der Waals surface area contributed by atoms with Crippen molar-refractivity contribution < 1.29 is 19.4 Å². The van der Waals surface area contributed by atoms with Crippen LogP contribution in [0.1, 0.15) is 43.5 Å². The zero-order chi connectivity index (χ0) is 16.7. The van der Waals surface area contributed by atoms with Gasteiger partial charge in [0, 0.05) is 12.6 Å². The lowest BCUT2D eigenvalue weighted by molar-refractivity contribution is 0.0437. The molecule has 1 aromatic rings. The minimum absolute atomic E-state index is 0.252. The predicted octanol–water partition coefficient (Wildman–Crippen LogP) is 2.48. The lowest BCUT2D eigenvalue weighted by atomic mass is 10.0. The summed E-state index contributed by atoms with van der Waals surface area (Å²) in [7, 11) is 0. The molecule has 0 bridgehead atoms. The highest BCUT2D eigenvalue weighted by atomic mass is 16.5. The summed E-state index contributed by atoms with van der Waals surface area (Å²) in [6, 6.07) is 7.33. The summed E-state index contributed by atoms with van der Waals surface area (Å²) in [5.74, 6) is 0.307. The van der Waals surface area contributed by atoms with Crippen LogP contribution in [0.2, 0.25) is 0 Å². The number of piperidine rings is 1. The number of aliphatic hydroxyl groups is 1. The number of benzene rings is 1. The van der Waals surface area contributed by atoms with Crippen molar-refractivity contribution >= 4 is 5.97 Å². The average molecular weight is 321 g/mol. The van der Waals surface area contributed by atoms with Gasteiger partial charge < -0.3 is 14.6 Å². The molecule has 0 aromatic heterocycles. The van der Waals surface area contributed by atoms with Crippen molar-refractivity contribution in [2.24, 2.45) is 0 Å². The minimum Gasteiger partial charge on any atom is -0.491 e. The molecule has 2 atom stereocenters. The molecule has 1 heterocycles. The molecule has 5 nitrogen and oxygen atoms in total. The third-order valence-electron chi connectivity index (χ3n) is 4.19. The van der Waals surface area contributed by atoms with E-state index in [0.29, 0.717) is 30.5 Å². The lowest BCUT2D eigenvalue weighted by Gasteiger charge is -2.34. The van der Waals surface area contributed by atoms with Crippen LogP contribution in [0.3, 0.4) is 0 Å². The largest absolute Gasteiger partial charge is 0.491 e. The first-order valence-corrected chi connectivity index (χ1v) is 8.42. The summed E-state index contributed by atoms with van der Waals surface area (Å²) in [5, 5.41) is 10.2.